The molecule has 0 saturated heterocycles. The first-order valence-corrected chi connectivity index (χ1v) is 7.61. The average molecular weight is 340 g/mol. The summed E-state index contributed by atoms with van der Waals surface area (Å²) in [6.45, 7) is 5.10. The highest BCUT2D eigenvalue weighted by atomic mass is 16.7. The molecule has 0 aliphatic rings. The van der Waals surface area contributed by atoms with Gasteiger partial charge in [-0.3, -0.25) is 0 Å². The molecule has 7 heteroatoms. The number of rotatable bonds is 8. The molecule has 0 aliphatic heterocycles. The molecule has 0 saturated carbocycles. The molecule has 0 amide bonds. The van der Waals surface area contributed by atoms with Crippen LogP contribution in [0.2, 0.25) is 0 Å². The maximum absolute atomic E-state index is 12.2. The maximum Gasteiger partial charge on any atom is 0.340 e. The van der Waals surface area contributed by atoms with E-state index in [1.54, 1.807) is 0 Å². The first-order valence-electron chi connectivity index (χ1n) is 7.61. The Labute approximate surface area is 141 Å². The van der Waals surface area contributed by atoms with Gasteiger partial charge in [-0.25, -0.2) is 9.59 Å². The smallest absolute Gasteiger partial charge is 0.340 e. The first-order chi connectivity index (χ1) is 11.3. The van der Waals surface area contributed by atoms with Crippen molar-refractivity contribution in [3.63, 3.8) is 0 Å². The van der Waals surface area contributed by atoms with Crippen molar-refractivity contribution in [3.05, 3.63) is 35.4 Å². The molecule has 0 aromatic heterocycles. The van der Waals surface area contributed by atoms with E-state index in [0.29, 0.717) is 0 Å². The zero-order valence-corrected chi connectivity index (χ0v) is 14.2. The minimum atomic E-state index is -0.814. The molecule has 0 aliphatic carbocycles. The number of carbonyl (C=O) groups excluding carboxylic acids is 2. The summed E-state index contributed by atoms with van der Waals surface area (Å²) in [5.74, 6) is -1.18. The second kappa shape index (κ2) is 9.36. The van der Waals surface area contributed by atoms with Gasteiger partial charge in [-0.05, 0) is 24.3 Å². The van der Waals surface area contributed by atoms with E-state index >= 15 is 0 Å². The maximum atomic E-state index is 12.2. The largest absolute Gasteiger partial charge is 0.460 e. The fourth-order valence-electron chi connectivity index (χ4n) is 1.75. The number of hydrogen-bond donors (Lipinski definition) is 2. The number of hydrogen-bond acceptors (Lipinski definition) is 7. The van der Waals surface area contributed by atoms with E-state index in [1.165, 1.54) is 24.3 Å². The first kappa shape index (κ1) is 20.1. The number of ether oxygens (including phenoxy) is 3. The summed E-state index contributed by atoms with van der Waals surface area (Å²) in [6.07, 6.45) is -0.814. The lowest BCUT2D eigenvalue weighted by Gasteiger charge is -2.29. The molecule has 1 aromatic carbocycles. The van der Waals surface area contributed by atoms with Crippen molar-refractivity contribution in [2.24, 2.45) is 5.41 Å². The third-order valence-electron chi connectivity index (χ3n) is 2.96. The average Bonchev–Trinajstić information content (AvgIpc) is 2.55. The summed E-state index contributed by atoms with van der Waals surface area (Å²) >= 11 is 0. The predicted molar refractivity (Wildman–Crippen MR) is 85.5 cm³/mol. The van der Waals surface area contributed by atoms with Crippen LogP contribution in [0.1, 0.15) is 41.5 Å². The molecule has 2 N–H and O–H groups in total. The van der Waals surface area contributed by atoms with Gasteiger partial charge in [-0.15, -0.1) is 0 Å². The Morgan fingerprint density at radius 3 is 1.92 bits per heavy atom. The summed E-state index contributed by atoms with van der Waals surface area (Å²) in [4.78, 5) is 23.8. The van der Waals surface area contributed by atoms with Crippen molar-refractivity contribution in [2.75, 3.05) is 26.4 Å². The molecule has 1 aromatic rings. The molecule has 1 unspecified atom stereocenters. The van der Waals surface area contributed by atoms with Gasteiger partial charge >= 0.3 is 11.9 Å². The third-order valence-corrected chi connectivity index (χ3v) is 2.96. The van der Waals surface area contributed by atoms with Crippen molar-refractivity contribution >= 4 is 11.9 Å². The fourth-order valence-corrected chi connectivity index (χ4v) is 1.75. The van der Waals surface area contributed by atoms with Crippen molar-refractivity contribution < 1.29 is 34.0 Å². The highest BCUT2D eigenvalue weighted by molar-refractivity contribution is 5.93. The molecule has 0 fully saturated rings. The molecule has 0 radical (unpaired) electrons. The van der Waals surface area contributed by atoms with Crippen LogP contribution in [0.5, 0.6) is 0 Å². The molecule has 7 nitrogen and oxygen atoms in total. The lowest BCUT2D eigenvalue weighted by Crippen LogP contribution is -2.35. The van der Waals surface area contributed by atoms with Crippen molar-refractivity contribution in [3.8, 4) is 0 Å². The molecule has 0 bridgehead atoms. The van der Waals surface area contributed by atoms with Crippen LogP contribution < -0.4 is 0 Å². The van der Waals surface area contributed by atoms with E-state index in [2.05, 4.69) is 0 Å². The van der Waals surface area contributed by atoms with Crippen LogP contribution in [-0.2, 0) is 14.2 Å². The molecule has 0 heterocycles. The molecule has 24 heavy (non-hydrogen) atoms. The summed E-state index contributed by atoms with van der Waals surface area (Å²) in [7, 11) is 0. The Bertz CT molecular complexity index is 531. The minimum Gasteiger partial charge on any atom is -0.460 e. The second-order valence-corrected chi connectivity index (χ2v) is 6.13. The number of aliphatic hydroxyl groups excluding tert-OH is 2. The van der Waals surface area contributed by atoms with Gasteiger partial charge in [0.15, 0.2) is 0 Å². The van der Waals surface area contributed by atoms with E-state index < -0.39 is 23.6 Å². The summed E-state index contributed by atoms with van der Waals surface area (Å²) in [5.41, 5.74) is 0.0678. The monoisotopic (exact) mass is 340 g/mol. The van der Waals surface area contributed by atoms with Crippen LogP contribution in [0, 0.1) is 5.41 Å². The lowest BCUT2D eigenvalue weighted by molar-refractivity contribution is -0.167. The zero-order valence-electron chi connectivity index (χ0n) is 14.2. The van der Waals surface area contributed by atoms with Crippen molar-refractivity contribution in [1.82, 2.24) is 0 Å². The van der Waals surface area contributed by atoms with Gasteiger partial charge in [0.1, 0.15) is 6.61 Å². The van der Waals surface area contributed by atoms with Crippen LogP contribution in [0.3, 0.4) is 0 Å². The van der Waals surface area contributed by atoms with Gasteiger partial charge in [0.05, 0.1) is 30.9 Å². The normalized spacial score (nSPS) is 12.5. The van der Waals surface area contributed by atoms with Gasteiger partial charge in [0, 0.05) is 5.41 Å². The summed E-state index contributed by atoms with van der Waals surface area (Å²) in [6, 6.07) is 5.78. The molecular formula is C17H24O7. The van der Waals surface area contributed by atoms with Crippen LogP contribution in [0.4, 0.5) is 0 Å². The van der Waals surface area contributed by atoms with Gasteiger partial charge < -0.3 is 24.4 Å². The Hall–Kier alpha value is -1.96. The Morgan fingerprint density at radius 1 is 0.958 bits per heavy atom. The Balaban J connectivity index is 2.74. The zero-order chi connectivity index (χ0) is 18.2. The molecule has 0 spiro atoms. The van der Waals surface area contributed by atoms with Crippen LogP contribution in [0.25, 0.3) is 0 Å². The Morgan fingerprint density at radius 2 is 1.46 bits per heavy atom. The number of aliphatic hydroxyl groups is 2. The Kier molecular flexibility index (Phi) is 7.84. The second-order valence-electron chi connectivity index (χ2n) is 6.13. The van der Waals surface area contributed by atoms with Crippen LogP contribution in [-0.4, -0.2) is 54.9 Å². The number of benzene rings is 1. The standard InChI is InChI=1S/C17H24O7/c1-17(2,3)16(23-11-9-19)24-15(21)13-6-4-12(5-7-13)14(20)22-10-8-18/h4-7,16,18-19H,8-11H2,1-3H3. The lowest BCUT2D eigenvalue weighted by atomic mass is 9.96. The quantitative estimate of drug-likeness (QED) is 0.544. The highest BCUT2D eigenvalue weighted by Crippen LogP contribution is 2.24. The molecule has 134 valence electrons. The van der Waals surface area contributed by atoms with E-state index in [4.69, 9.17) is 24.4 Å². The van der Waals surface area contributed by atoms with E-state index in [9.17, 15) is 9.59 Å². The number of carbonyl (C=O) groups is 2. The number of esters is 2. The SMILES string of the molecule is CC(C)(C)C(OCCO)OC(=O)c1ccc(C(=O)OCCO)cc1. The van der Waals surface area contributed by atoms with E-state index in [1.807, 2.05) is 20.8 Å². The van der Waals surface area contributed by atoms with Gasteiger partial charge in [0.25, 0.3) is 0 Å². The predicted octanol–water partition coefficient (Wildman–Crippen LogP) is 1.37. The topological polar surface area (TPSA) is 102 Å². The van der Waals surface area contributed by atoms with Gasteiger partial charge in [-0.2, -0.15) is 0 Å². The van der Waals surface area contributed by atoms with E-state index in [0.717, 1.165) is 0 Å². The third kappa shape index (κ3) is 6.27. The fraction of sp³-hybridized carbons (Fsp3) is 0.529. The van der Waals surface area contributed by atoms with E-state index in [-0.39, 0.29) is 37.6 Å². The molecule has 1 atom stereocenters. The van der Waals surface area contributed by atoms with Crippen LogP contribution in [0.15, 0.2) is 24.3 Å². The van der Waals surface area contributed by atoms with Crippen molar-refractivity contribution in [2.45, 2.75) is 27.1 Å². The highest BCUT2D eigenvalue weighted by Gasteiger charge is 2.29. The minimum absolute atomic E-state index is 0.0604. The summed E-state index contributed by atoms with van der Waals surface area (Å²) in [5, 5.41) is 17.5. The molecule has 1 rings (SSSR count). The summed E-state index contributed by atoms with van der Waals surface area (Å²) < 4.78 is 15.5. The molecular weight excluding hydrogens is 316 g/mol. The van der Waals surface area contributed by atoms with Gasteiger partial charge in [-0.1, -0.05) is 20.8 Å². The van der Waals surface area contributed by atoms with Gasteiger partial charge in [0.2, 0.25) is 6.29 Å². The van der Waals surface area contributed by atoms with Crippen LogP contribution >= 0.6 is 0 Å². The van der Waals surface area contributed by atoms with Crippen molar-refractivity contribution in [1.29, 1.82) is 0 Å².